The monoisotopic (exact) mass is 379 g/mol. The van der Waals surface area contributed by atoms with Crippen molar-refractivity contribution in [1.82, 2.24) is 19.6 Å². The molecule has 0 fully saturated rings. The number of anilines is 1. The molecule has 0 atom stereocenters. The van der Waals surface area contributed by atoms with Gasteiger partial charge in [0.2, 0.25) is 5.95 Å². The molecule has 4 aromatic rings. The average molecular weight is 380 g/mol. The Bertz CT molecular complexity index is 1150. The fraction of sp³-hybridized carbons (Fsp3) is 0.150. The highest BCUT2D eigenvalue weighted by molar-refractivity contribution is 6.31. The third-order valence-corrected chi connectivity index (χ3v) is 4.79. The van der Waals surface area contributed by atoms with E-state index in [4.69, 9.17) is 11.6 Å². The van der Waals surface area contributed by atoms with Gasteiger partial charge in [0.25, 0.3) is 11.3 Å². The molecule has 136 valence electrons. The fourth-order valence-corrected chi connectivity index (χ4v) is 3.15. The topological polar surface area (TPSA) is 75.1 Å². The van der Waals surface area contributed by atoms with E-state index < -0.39 is 0 Å². The van der Waals surface area contributed by atoms with Gasteiger partial charge < -0.3 is 5.32 Å². The van der Waals surface area contributed by atoms with E-state index in [-0.39, 0.29) is 5.56 Å². The first kappa shape index (κ1) is 17.3. The lowest BCUT2D eigenvalue weighted by Crippen LogP contribution is -2.22. The molecule has 0 unspecified atom stereocenters. The Hall–Kier alpha value is -3.12. The highest BCUT2D eigenvalue weighted by Gasteiger charge is 2.14. The summed E-state index contributed by atoms with van der Waals surface area (Å²) in [6.45, 7) is 2.42. The highest BCUT2D eigenvalue weighted by Crippen LogP contribution is 2.19. The number of aryl methyl sites for hydroxylation is 1. The number of hydrogen-bond donors (Lipinski definition) is 2. The van der Waals surface area contributed by atoms with E-state index in [2.05, 4.69) is 20.4 Å². The van der Waals surface area contributed by atoms with E-state index in [1.54, 1.807) is 0 Å². The summed E-state index contributed by atoms with van der Waals surface area (Å²) < 4.78 is 1.37. The molecule has 0 aliphatic heterocycles. The number of H-pyrrole nitrogens is 1. The zero-order valence-corrected chi connectivity index (χ0v) is 15.5. The third-order valence-electron chi connectivity index (χ3n) is 4.42. The third kappa shape index (κ3) is 3.57. The van der Waals surface area contributed by atoms with Crippen molar-refractivity contribution < 1.29 is 0 Å². The van der Waals surface area contributed by atoms with Crippen LogP contribution in [0.4, 0.5) is 5.95 Å². The van der Waals surface area contributed by atoms with Crippen molar-refractivity contribution in [2.75, 3.05) is 5.32 Å². The van der Waals surface area contributed by atoms with Crippen LogP contribution in [0.15, 0.2) is 59.4 Å². The summed E-state index contributed by atoms with van der Waals surface area (Å²) in [4.78, 5) is 21.8. The zero-order chi connectivity index (χ0) is 18.8. The van der Waals surface area contributed by atoms with Gasteiger partial charge in [0.05, 0.1) is 5.69 Å². The summed E-state index contributed by atoms with van der Waals surface area (Å²) >= 11 is 6.24. The summed E-state index contributed by atoms with van der Waals surface area (Å²) in [6, 6.07) is 17.5. The predicted molar refractivity (Wildman–Crippen MR) is 106 cm³/mol. The summed E-state index contributed by atoms with van der Waals surface area (Å²) in [5, 5.41) is 6.81. The van der Waals surface area contributed by atoms with Crippen molar-refractivity contribution >= 4 is 23.3 Å². The van der Waals surface area contributed by atoms with E-state index in [1.807, 2.05) is 61.5 Å². The van der Waals surface area contributed by atoms with E-state index in [0.717, 1.165) is 11.1 Å². The van der Waals surface area contributed by atoms with Crippen LogP contribution in [0.25, 0.3) is 5.78 Å². The molecule has 0 spiro atoms. The number of aromatic nitrogens is 4. The number of aromatic amines is 1. The molecule has 2 aromatic heterocycles. The van der Waals surface area contributed by atoms with Crippen LogP contribution in [0, 0.1) is 6.92 Å². The first-order valence-electron chi connectivity index (χ1n) is 8.61. The van der Waals surface area contributed by atoms with Crippen molar-refractivity contribution in [3.63, 3.8) is 0 Å². The fourth-order valence-electron chi connectivity index (χ4n) is 2.95. The molecule has 27 heavy (non-hydrogen) atoms. The SMILES string of the molecule is Cc1nc2nc(NCc3ccccc3)[nH]n2c(=O)c1Cc1ccccc1Cl. The first-order chi connectivity index (χ1) is 13.1. The molecule has 0 amide bonds. The minimum absolute atomic E-state index is 0.169. The van der Waals surface area contributed by atoms with Crippen LogP contribution >= 0.6 is 11.6 Å². The van der Waals surface area contributed by atoms with Gasteiger partial charge in [0, 0.05) is 23.6 Å². The maximum atomic E-state index is 12.9. The summed E-state index contributed by atoms with van der Waals surface area (Å²) in [6.07, 6.45) is 0.423. The number of rotatable bonds is 5. The van der Waals surface area contributed by atoms with Crippen LogP contribution in [0.3, 0.4) is 0 Å². The second kappa shape index (κ2) is 7.25. The molecule has 0 bridgehead atoms. The smallest absolute Gasteiger partial charge is 0.277 e. The summed E-state index contributed by atoms with van der Waals surface area (Å²) in [5.41, 5.74) is 3.09. The van der Waals surface area contributed by atoms with Crippen LogP contribution < -0.4 is 10.9 Å². The standard InChI is InChI=1S/C20H18ClN5O/c1-13-16(11-15-9-5-6-10-17(15)21)18(27)26-20(23-13)24-19(25-26)22-12-14-7-3-2-4-8-14/h2-10H,11-12H2,1H3,(H2,22,23,24,25). The zero-order valence-electron chi connectivity index (χ0n) is 14.7. The van der Waals surface area contributed by atoms with Crippen molar-refractivity contribution in [2.45, 2.75) is 19.9 Å². The maximum absolute atomic E-state index is 12.9. The van der Waals surface area contributed by atoms with Gasteiger partial charge >= 0.3 is 0 Å². The van der Waals surface area contributed by atoms with Crippen molar-refractivity contribution in [3.05, 3.63) is 92.4 Å². The van der Waals surface area contributed by atoms with Crippen LogP contribution in [0.1, 0.15) is 22.4 Å². The molecule has 0 saturated heterocycles. The number of benzene rings is 2. The molecule has 2 aromatic carbocycles. The number of hydrogen-bond acceptors (Lipinski definition) is 4. The number of nitrogens with zero attached hydrogens (tertiary/aromatic N) is 3. The van der Waals surface area contributed by atoms with Gasteiger partial charge in [-0.25, -0.2) is 4.98 Å². The molecular weight excluding hydrogens is 362 g/mol. The second-order valence-electron chi connectivity index (χ2n) is 6.30. The summed E-state index contributed by atoms with van der Waals surface area (Å²) in [5.74, 6) is 0.841. The van der Waals surface area contributed by atoms with Crippen LogP contribution in [-0.4, -0.2) is 19.6 Å². The molecule has 0 radical (unpaired) electrons. The lowest BCUT2D eigenvalue weighted by Gasteiger charge is -2.06. The molecule has 7 heteroatoms. The molecular formula is C20H18ClN5O. The van der Waals surface area contributed by atoms with Crippen molar-refractivity contribution in [2.24, 2.45) is 0 Å². The Kier molecular flexibility index (Phi) is 4.64. The lowest BCUT2D eigenvalue weighted by molar-refractivity contribution is 0.857. The molecule has 0 aliphatic carbocycles. The van der Waals surface area contributed by atoms with E-state index >= 15 is 0 Å². The molecule has 2 heterocycles. The average Bonchev–Trinajstić information content (AvgIpc) is 3.09. The lowest BCUT2D eigenvalue weighted by atomic mass is 10.1. The van der Waals surface area contributed by atoms with Gasteiger partial charge in [-0.2, -0.15) is 9.50 Å². The van der Waals surface area contributed by atoms with Crippen LogP contribution in [0.2, 0.25) is 5.02 Å². The Balaban J connectivity index is 1.65. The number of nitrogens with one attached hydrogen (secondary N) is 2. The highest BCUT2D eigenvalue weighted by atomic mass is 35.5. The van der Waals surface area contributed by atoms with Gasteiger partial charge in [-0.05, 0) is 24.1 Å². The minimum atomic E-state index is -0.169. The van der Waals surface area contributed by atoms with Gasteiger partial charge in [-0.15, -0.1) is 0 Å². The Labute approximate surface area is 160 Å². The van der Waals surface area contributed by atoms with E-state index in [1.165, 1.54) is 4.52 Å². The quantitative estimate of drug-likeness (QED) is 0.555. The van der Waals surface area contributed by atoms with E-state index in [9.17, 15) is 4.79 Å². The normalized spacial score (nSPS) is 11.0. The molecule has 2 N–H and O–H groups in total. The van der Waals surface area contributed by atoms with Crippen LogP contribution in [-0.2, 0) is 13.0 Å². The van der Waals surface area contributed by atoms with Crippen molar-refractivity contribution in [3.8, 4) is 0 Å². The maximum Gasteiger partial charge on any atom is 0.277 e. The van der Waals surface area contributed by atoms with Gasteiger partial charge in [0.1, 0.15) is 0 Å². The number of fused-ring (bicyclic) bond motifs is 1. The predicted octanol–water partition coefficient (Wildman–Crippen LogP) is 3.58. The molecule has 6 nitrogen and oxygen atoms in total. The van der Waals surface area contributed by atoms with Gasteiger partial charge in [-0.1, -0.05) is 60.1 Å². The Morgan fingerprint density at radius 2 is 1.81 bits per heavy atom. The molecule has 4 rings (SSSR count). The number of halogens is 1. The molecule has 0 aliphatic rings. The summed E-state index contributed by atoms with van der Waals surface area (Å²) in [7, 11) is 0. The van der Waals surface area contributed by atoms with Crippen LogP contribution in [0.5, 0.6) is 0 Å². The van der Waals surface area contributed by atoms with Gasteiger partial charge in [0.15, 0.2) is 0 Å². The Morgan fingerprint density at radius 1 is 1.07 bits per heavy atom. The van der Waals surface area contributed by atoms with Crippen molar-refractivity contribution in [1.29, 1.82) is 0 Å². The molecule has 0 saturated carbocycles. The van der Waals surface area contributed by atoms with E-state index in [0.29, 0.717) is 41.0 Å². The minimum Gasteiger partial charge on any atom is -0.351 e. The largest absolute Gasteiger partial charge is 0.351 e. The second-order valence-corrected chi connectivity index (χ2v) is 6.70. The Morgan fingerprint density at radius 3 is 2.59 bits per heavy atom. The van der Waals surface area contributed by atoms with Gasteiger partial charge in [-0.3, -0.25) is 9.89 Å². The first-order valence-corrected chi connectivity index (χ1v) is 8.99.